The Balaban J connectivity index is 0.000000173. The van der Waals surface area contributed by atoms with Crippen LogP contribution in [-0.4, -0.2) is 9.97 Å². The van der Waals surface area contributed by atoms with Crippen molar-refractivity contribution in [1.29, 1.82) is 0 Å². The topological polar surface area (TPSA) is 38.9 Å². The van der Waals surface area contributed by atoms with E-state index >= 15 is 0 Å². The molecule has 0 unspecified atom stereocenters. The third-order valence-corrected chi connectivity index (χ3v) is 6.26. The van der Waals surface area contributed by atoms with Crippen LogP contribution in [0, 0.1) is 26.0 Å². The smallest absolute Gasteiger partial charge is 0.120 e. The number of nitrogens with zero attached hydrogens (tertiary/aromatic N) is 2. The number of hydrogen-bond acceptors (Lipinski definition) is 3. The van der Waals surface area contributed by atoms with Gasteiger partial charge in [-0.15, -0.1) is 54.1 Å². The first kappa shape index (κ1) is 26.5. The molecule has 0 fully saturated rings. The minimum atomic E-state index is 0. The molecule has 3 nitrogen and oxygen atoms in total. The number of benzene rings is 3. The summed E-state index contributed by atoms with van der Waals surface area (Å²) in [4.78, 5) is 8.98. The molecule has 3 aromatic heterocycles. The van der Waals surface area contributed by atoms with Crippen molar-refractivity contribution in [3.05, 3.63) is 120 Å². The summed E-state index contributed by atoms with van der Waals surface area (Å²) in [5.41, 5.74) is 9.38. The van der Waals surface area contributed by atoms with Crippen molar-refractivity contribution in [1.82, 2.24) is 9.97 Å². The number of hydrogen-bond donors (Lipinski definition) is 0. The fourth-order valence-electron chi connectivity index (χ4n) is 4.37. The second-order valence-electron chi connectivity index (χ2n) is 9.27. The van der Waals surface area contributed by atoms with Crippen LogP contribution in [0.4, 0.5) is 0 Å². The fourth-order valence-corrected chi connectivity index (χ4v) is 4.37. The van der Waals surface area contributed by atoms with Gasteiger partial charge in [0.15, 0.2) is 0 Å². The standard InChI is InChI=1S/C18H12NO.C15H16N.Ir/c1-12-9-10-16(19-11-12)15-7-4-6-14-13-5-2-3-8-17(13)20-18(14)15;1-11(2)14-10-16-15(9-12(14)3)13-7-5-4-6-8-13;/h2-6,8-11H,1H3;4-7,9-11H,1-3H3;/q2*-1;. The van der Waals surface area contributed by atoms with Crippen LogP contribution >= 0.6 is 0 Å². The third-order valence-electron chi connectivity index (χ3n) is 6.26. The SMILES string of the molecule is Cc1cc(-c2[c-]cccc2)ncc1C(C)C.Cc1ccc(-c2[c-]ccc3c2oc2ccccc23)nc1.[Ir]. The van der Waals surface area contributed by atoms with Crippen LogP contribution in [0.3, 0.4) is 0 Å². The zero-order chi connectivity index (χ0) is 25.1. The average molecular weight is 661 g/mol. The minimum absolute atomic E-state index is 0. The molecule has 4 heteroatoms. The summed E-state index contributed by atoms with van der Waals surface area (Å²) in [6, 6.07) is 32.6. The molecule has 37 heavy (non-hydrogen) atoms. The first-order valence-electron chi connectivity index (χ1n) is 12.2. The Kier molecular flexibility index (Phi) is 8.33. The van der Waals surface area contributed by atoms with Gasteiger partial charge in [-0.3, -0.25) is 0 Å². The molecule has 0 saturated heterocycles. The Bertz CT molecular complexity index is 1620. The van der Waals surface area contributed by atoms with Gasteiger partial charge in [0.25, 0.3) is 0 Å². The van der Waals surface area contributed by atoms with E-state index in [1.54, 1.807) is 0 Å². The molecule has 1 radical (unpaired) electrons. The van der Waals surface area contributed by atoms with E-state index in [4.69, 9.17) is 4.42 Å². The summed E-state index contributed by atoms with van der Waals surface area (Å²) in [5, 5.41) is 2.24. The van der Waals surface area contributed by atoms with Crippen LogP contribution in [0.15, 0.2) is 95.7 Å². The van der Waals surface area contributed by atoms with Crippen LogP contribution in [-0.2, 0) is 20.1 Å². The maximum Gasteiger partial charge on any atom is 0.120 e. The van der Waals surface area contributed by atoms with Crippen molar-refractivity contribution in [2.75, 3.05) is 0 Å². The predicted molar refractivity (Wildman–Crippen MR) is 148 cm³/mol. The van der Waals surface area contributed by atoms with Crippen molar-refractivity contribution in [2.45, 2.75) is 33.6 Å². The van der Waals surface area contributed by atoms with Gasteiger partial charge in [-0.25, -0.2) is 0 Å². The summed E-state index contributed by atoms with van der Waals surface area (Å²) in [6.07, 6.45) is 3.85. The fraction of sp³-hybridized carbons (Fsp3) is 0.152. The first-order chi connectivity index (χ1) is 17.5. The molecular formula is C33H28IrN2O-2. The van der Waals surface area contributed by atoms with E-state index < -0.39 is 0 Å². The maximum atomic E-state index is 6.00. The summed E-state index contributed by atoms with van der Waals surface area (Å²) in [5.74, 6) is 0.529. The number of para-hydroxylation sites is 1. The zero-order valence-electron chi connectivity index (χ0n) is 21.4. The monoisotopic (exact) mass is 661 g/mol. The van der Waals surface area contributed by atoms with Crippen molar-refractivity contribution in [3.8, 4) is 22.5 Å². The Morgan fingerprint density at radius 2 is 1.54 bits per heavy atom. The van der Waals surface area contributed by atoms with E-state index in [9.17, 15) is 0 Å². The number of aromatic nitrogens is 2. The Labute approximate surface area is 232 Å². The number of rotatable bonds is 3. The van der Waals surface area contributed by atoms with Crippen LogP contribution < -0.4 is 0 Å². The second kappa shape index (κ2) is 11.6. The van der Waals surface area contributed by atoms with E-state index in [-0.39, 0.29) is 20.1 Å². The van der Waals surface area contributed by atoms with E-state index in [0.29, 0.717) is 5.92 Å². The molecule has 0 atom stereocenters. The molecule has 0 amide bonds. The number of aryl methyl sites for hydroxylation is 2. The van der Waals surface area contributed by atoms with Crippen LogP contribution in [0.25, 0.3) is 44.5 Å². The molecule has 0 bridgehead atoms. The summed E-state index contributed by atoms with van der Waals surface area (Å²) in [7, 11) is 0. The van der Waals surface area contributed by atoms with Crippen LogP contribution in [0.1, 0.15) is 36.5 Å². The first-order valence-corrected chi connectivity index (χ1v) is 12.2. The quantitative estimate of drug-likeness (QED) is 0.178. The zero-order valence-corrected chi connectivity index (χ0v) is 23.8. The van der Waals surface area contributed by atoms with E-state index in [1.807, 2.05) is 80.0 Å². The Hall–Kier alpha value is -3.59. The van der Waals surface area contributed by atoms with Crippen molar-refractivity contribution >= 4 is 21.9 Å². The molecule has 3 heterocycles. The van der Waals surface area contributed by atoms with Gasteiger partial charge in [-0.05, 0) is 48.3 Å². The maximum absolute atomic E-state index is 6.00. The molecule has 0 aliphatic carbocycles. The van der Waals surface area contributed by atoms with Crippen molar-refractivity contribution in [2.24, 2.45) is 0 Å². The van der Waals surface area contributed by atoms with Crippen molar-refractivity contribution in [3.63, 3.8) is 0 Å². The normalized spacial score (nSPS) is 10.7. The van der Waals surface area contributed by atoms with Crippen molar-refractivity contribution < 1.29 is 24.5 Å². The largest absolute Gasteiger partial charge is 0.501 e. The average Bonchev–Trinajstić information content (AvgIpc) is 3.29. The van der Waals surface area contributed by atoms with Gasteiger partial charge in [0, 0.05) is 37.9 Å². The molecular weight excluding hydrogens is 633 g/mol. The second-order valence-corrected chi connectivity index (χ2v) is 9.27. The molecule has 0 saturated carbocycles. The molecule has 0 aliphatic rings. The van der Waals surface area contributed by atoms with Gasteiger partial charge in [-0.2, -0.15) is 0 Å². The summed E-state index contributed by atoms with van der Waals surface area (Å²) >= 11 is 0. The predicted octanol–water partition coefficient (Wildman–Crippen LogP) is 8.73. The van der Waals surface area contributed by atoms with Gasteiger partial charge in [-0.1, -0.05) is 66.8 Å². The Morgan fingerprint density at radius 1 is 0.757 bits per heavy atom. The Morgan fingerprint density at radius 3 is 2.24 bits per heavy atom. The molecule has 6 rings (SSSR count). The summed E-state index contributed by atoms with van der Waals surface area (Å²) < 4.78 is 6.00. The molecule has 3 aromatic carbocycles. The number of furan rings is 1. The molecule has 0 aliphatic heterocycles. The van der Waals surface area contributed by atoms with E-state index in [1.165, 1.54) is 11.1 Å². The molecule has 0 spiro atoms. The minimum Gasteiger partial charge on any atom is -0.501 e. The van der Waals surface area contributed by atoms with Gasteiger partial charge in [0.05, 0.1) is 5.58 Å². The summed E-state index contributed by atoms with van der Waals surface area (Å²) in [6.45, 7) is 8.56. The van der Waals surface area contributed by atoms with Gasteiger partial charge >= 0.3 is 0 Å². The van der Waals surface area contributed by atoms with E-state index in [2.05, 4.69) is 61.1 Å². The van der Waals surface area contributed by atoms with E-state index in [0.717, 1.165) is 50.0 Å². The number of pyridine rings is 2. The van der Waals surface area contributed by atoms with Crippen LogP contribution in [0.2, 0.25) is 0 Å². The van der Waals surface area contributed by atoms with Gasteiger partial charge in [0.2, 0.25) is 0 Å². The third kappa shape index (κ3) is 5.72. The molecule has 187 valence electrons. The molecule has 6 aromatic rings. The number of fused-ring (bicyclic) bond motifs is 3. The molecule has 0 N–H and O–H groups in total. The van der Waals surface area contributed by atoms with Crippen LogP contribution in [0.5, 0.6) is 0 Å². The van der Waals surface area contributed by atoms with Gasteiger partial charge < -0.3 is 14.4 Å². The van der Waals surface area contributed by atoms with Gasteiger partial charge in [0.1, 0.15) is 5.58 Å².